The van der Waals surface area contributed by atoms with Crippen LogP contribution in [-0.4, -0.2) is 47.3 Å². The van der Waals surface area contributed by atoms with Gasteiger partial charge in [-0.05, 0) is 103 Å². The van der Waals surface area contributed by atoms with E-state index in [2.05, 4.69) is 23.2 Å². The molecule has 5 unspecified atom stereocenters. The van der Waals surface area contributed by atoms with Crippen molar-refractivity contribution in [2.24, 2.45) is 28.6 Å². The van der Waals surface area contributed by atoms with Crippen molar-refractivity contribution < 1.29 is 19.4 Å². The van der Waals surface area contributed by atoms with Crippen LogP contribution in [-0.2, 0) is 17.8 Å². The molecular weight excluding hydrogens is 567 g/mol. The third-order valence-corrected chi connectivity index (χ3v) is 12.2. The maximum Gasteiger partial charge on any atom is 0.186 e. The summed E-state index contributed by atoms with van der Waals surface area (Å²) < 4.78 is 17.1. The number of hydrogen-bond donors (Lipinski definition) is 2. The maximum atomic E-state index is 13.9. The molecule has 0 bridgehead atoms. The zero-order valence-electron chi connectivity index (χ0n) is 25.7. The number of aliphatic hydroxyl groups is 2. The third-order valence-electron chi connectivity index (χ3n) is 12.2. The Balaban J connectivity index is 1.06. The summed E-state index contributed by atoms with van der Waals surface area (Å²) in [7, 11) is 0. The second-order valence-corrected chi connectivity index (χ2v) is 14.3. The molecular formula is C37H39FN4O3. The quantitative estimate of drug-likeness (QED) is 0.290. The van der Waals surface area contributed by atoms with E-state index in [0.29, 0.717) is 12.8 Å². The molecule has 4 aromatic rings. The Hall–Kier alpha value is -3.88. The van der Waals surface area contributed by atoms with Crippen molar-refractivity contribution in [1.29, 1.82) is 0 Å². The van der Waals surface area contributed by atoms with Crippen molar-refractivity contribution in [1.82, 2.24) is 19.6 Å². The van der Waals surface area contributed by atoms with E-state index in [9.17, 15) is 19.4 Å². The van der Waals surface area contributed by atoms with E-state index in [1.54, 1.807) is 23.0 Å². The van der Waals surface area contributed by atoms with Crippen LogP contribution >= 0.6 is 0 Å². The van der Waals surface area contributed by atoms with Gasteiger partial charge in [0, 0.05) is 17.2 Å². The van der Waals surface area contributed by atoms with Crippen molar-refractivity contribution >= 4 is 11.9 Å². The van der Waals surface area contributed by atoms with E-state index in [1.165, 1.54) is 17.7 Å². The lowest BCUT2D eigenvalue weighted by atomic mass is 9.45. The molecule has 8 heteroatoms. The van der Waals surface area contributed by atoms with Crippen molar-refractivity contribution in [2.45, 2.75) is 70.6 Å². The topological polar surface area (TPSA) is 93.2 Å². The van der Waals surface area contributed by atoms with Crippen LogP contribution in [0.15, 0.2) is 78.8 Å². The molecule has 7 nitrogen and oxygen atoms in total. The van der Waals surface area contributed by atoms with Gasteiger partial charge in [-0.25, -0.2) is 9.07 Å². The number of fused-ring (bicyclic) bond motifs is 6. The third kappa shape index (κ3) is 4.18. The van der Waals surface area contributed by atoms with Crippen LogP contribution < -0.4 is 0 Å². The van der Waals surface area contributed by atoms with Crippen molar-refractivity contribution in [3.63, 3.8) is 0 Å². The Morgan fingerprint density at radius 1 is 1.02 bits per heavy atom. The van der Waals surface area contributed by atoms with Crippen LogP contribution in [0.1, 0.15) is 57.2 Å². The van der Waals surface area contributed by atoms with Gasteiger partial charge in [-0.2, -0.15) is 10.2 Å². The van der Waals surface area contributed by atoms with Gasteiger partial charge in [0.1, 0.15) is 18.0 Å². The van der Waals surface area contributed by atoms with Crippen LogP contribution in [0.3, 0.4) is 0 Å². The lowest BCUT2D eigenvalue weighted by Gasteiger charge is -2.60. The van der Waals surface area contributed by atoms with Crippen molar-refractivity contribution in [3.05, 3.63) is 95.8 Å². The van der Waals surface area contributed by atoms with Gasteiger partial charge in [0.05, 0.1) is 29.9 Å². The van der Waals surface area contributed by atoms with Gasteiger partial charge < -0.3 is 10.2 Å². The predicted molar refractivity (Wildman–Crippen MR) is 169 cm³/mol. The standard InChI is InChI=1S/C37H39FN4O3/c1-35-17-24-19-40-42(28-11-9-27(38)10-12-28)31(24)16-26(35)8-13-29-30-14-15-37(45,36(30,2)18-32(43)34(29)35)33(44)22-41-21-25(20-39-41)23-6-4-3-5-7-23/h3-7,9-12,16,19-21,29-30,32,34,43,45H,8,13-15,17-18,22H2,1-2H3/t29?,30?,32-,34?,35?,36?,37-/m0/s1. The van der Waals surface area contributed by atoms with Gasteiger partial charge in [0.2, 0.25) is 0 Å². The summed E-state index contributed by atoms with van der Waals surface area (Å²) >= 11 is 0. The zero-order valence-corrected chi connectivity index (χ0v) is 25.7. The molecule has 3 fully saturated rings. The average molecular weight is 607 g/mol. The molecule has 0 aliphatic heterocycles. The average Bonchev–Trinajstić information content (AvgIpc) is 3.73. The summed E-state index contributed by atoms with van der Waals surface area (Å²) in [6.07, 6.45) is 11.3. The number of aromatic nitrogens is 4. The molecule has 4 aliphatic rings. The smallest absolute Gasteiger partial charge is 0.186 e. The van der Waals surface area contributed by atoms with Gasteiger partial charge in [-0.1, -0.05) is 49.8 Å². The Kier molecular flexibility index (Phi) is 6.39. The number of halogens is 1. The van der Waals surface area contributed by atoms with E-state index < -0.39 is 17.1 Å². The monoisotopic (exact) mass is 606 g/mol. The SMILES string of the molecule is CC12Cc3cnn(-c4ccc(F)cc4)c3C=C1CCC1C2[C@@H](O)CC2(C)C1CC[C@]2(O)C(=O)Cn1cc(-c2ccccc2)cn1. The maximum absolute atomic E-state index is 13.9. The fourth-order valence-corrected chi connectivity index (χ4v) is 9.94. The molecule has 45 heavy (non-hydrogen) atoms. The van der Waals surface area contributed by atoms with Crippen molar-refractivity contribution in [2.75, 3.05) is 0 Å². The van der Waals surface area contributed by atoms with Gasteiger partial charge in [0.25, 0.3) is 0 Å². The van der Waals surface area contributed by atoms with Gasteiger partial charge in [0.15, 0.2) is 5.78 Å². The summed E-state index contributed by atoms with van der Waals surface area (Å²) in [5.74, 6) is -0.139. The summed E-state index contributed by atoms with van der Waals surface area (Å²) in [6, 6.07) is 16.3. The van der Waals surface area contributed by atoms with Gasteiger partial charge >= 0.3 is 0 Å². The van der Waals surface area contributed by atoms with E-state index in [4.69, 9.17) is 0 Å². The summed E-state index contributed by atoms with van der Waals surface area (Å²) in [6.45, 7) is 4.33. The summed E-state index contributed by atoms with van der Waals surface area (Å²) in [4.78, 5) is 13.9. The predicted octanol–water partition coefficient (Wildman–Crippen LogP) is 6.03. The minimum absolute atomic E-state index is 0.00125. The molecule has 0 amide bonds. The Bertz CT molecular complexity index is 1810. The molecule has 2 N–H and O–H groups in total. The number of ketones is 1. The van der Waals surface area contributed by atoms with E-state index >= 15 is 0 Å². The lowest BCUT2D eigenvalue weighted by molar-refractivity contribution is -0.180. The molecule has 2 heterocycles. The first-order valence-electron chi connectivity index (χ1n) is 16.2. The Morgan fingerprint density at radius 3 is 2.58 bits per heavy atom. The minimum Gasteiger partial charge on any atom is -0.393 e. The van der Waals surface area contributed by atoms with Crippen LogP contribution in [0.5, 0.6) is 0 Å². The first-order chi connectivity index (χ1) is 21.6. The zero-order chi connectivity index (χ0) is 31.1. The van der Waals surface area contributed by atoms with Gasteiger partial charge in [-0.15, -0.1) is 0 Å². The molecule has 2 aromatic heterocycles. The van der Waals surface area contributed by atoms with Crippen LogP contribution in [0.2, 0.25) is 0 Å². The van der Waals surface area contributed by atoms with Crippen LogP contribution in [0, 0.1) is 34.4 Å². The molecule has 0 radical (unpaired) electrons. The molecule has 3 saturated carbocycles. The number of benzene rings is 2. The largest absolute Gasteiger partial charge is 0.393 e. The molecule has 0 saturated heterocycles. The second kappa shape index (κ2) is 10.1. The normalized spacial score (nSPS) is 33.5. The number of Topliss-reactive ketones (excluding diaryl/α,β-unsaturated/α-hetero) is 1. The number of carbonyl (C=O) groups excluding carboxylic acids is 1. The van der Waals surface area contributed by atoms with E-state index in [1.807, 2.05) is 54.3 Å². The highest BCUT2D eigenvalue weighted by atomic mass is 19.1. The molecule has 7 atom stereocenters. The highest BCUT2D eigenvalue weighted by Crippen LogP contribution is 2.67. The van der Waals surface area contributed by atoms with Crippen LogP contribution in [0.25, 0.3) is 22.9 Å². The highest BCUT2D eigenvalue weighted by Gasteiger charge is 2.68. The first-order valence-corrected chi connectivity index (χ1v) is 16.2. The molecule has 0 spiro atoms. The second-order valence-electron chi connectivity index (χ2n) is 14.3. The molecule has 2 aromatic carbocycles. The molecule has 232 valence electrons. The van der Waals surface area contributed by atoms with E-state index in [0.717, 1.165) is 53.8 Å². The van der Waals surface area contributed by atoms with Crippen molar-refractivity contribution in [3.8, 4) is 16.8 Å². The highest BCUT2D eigenvalue weighted by molar-refractivity contribution is 5.88. The Labute approximate surface area is 262 Å². The van der Waals surface area contributed by atoms with E-state index in [-0.39, 0.29) is 41.3 Å². The number of aliphatic hydroxyl groups excluding tert-OH is 1. The number of hydrogen-bond acceptors (Lipinski definition) is 5. The summed E-state index contributed by atoms with van der Waals surface area (Å²) in [5, 5.41) is 33.3. The summed E-state index contributed by atoms with van der Waals surface area (Å²) in [5.41, 5.74) is 3.76. The number of nitrogens with zero attached hydrogens (tertiary/aromatic N) is 4. The number of rotatable bonds is 5. The fraction of sp³-hybridized carbons (Fsp3) is 0.432. The lowest BCUT2D eigenvalue weighted by Crippen LogP contribution is -2.62. The van der Waals surface area contributed by atoms with Gasteiger partial charge in [-0.3, -0.25) is 9.48 Å². The molecule has 8 rings (SSSR count). The van der Waals surface area contributed by atoms with Crippen LogP contribution in [0.4, 0.5) is 4.39 Å². The first kappa shape index (κ1) is 28.6. The number of allylic oxidation sites excluding steroid dienone is 1. The molecule has 4 aliphatic carbocycles. The minimum atomic E-state index is -1.52. The Morgan fingerprint density at radius 2 is 1.80 bits per heavy atom. The fourth-order valence-electron chi connectivity index (χ4n) is 9.94. The number of carbonyl (C=O) groups is 1.